The van der Waals surface area contributed by atoms with Crippen molar-refractivity contribution in [1.82, 2.24) is 0 Å². The van der Waals surface area contributed by atoms with Crippen molar-refractivity contribution in [1.29, 1.82) is 0 Å². The molecule has 10 rings (SSSR count). The molecule has 2 N–H and O–H groups in total. The quantitative estimate of drug-likeness (QED) is 0.0243. The van der Waals surface area contributed by atoms with Gasteiger partial charge in [0.05, 0.1) is 59.5 Å². The zero-order valence-corrected chi connectivity index (χ0v) is 48.2. The first-order valence-corrected chi connectivity index (χ1v) is 29.1. The van der Waals surface area contributed by atoms with Crippen molar-refractivity contribution in [3.05, 3.63) is 262 Å². The van der Waals surface area contributed by atoms with Gasteiger partial charge in [0.1, 0.15) is 67.1 Å². The lowest BCUT2D eigenvalue weighted by molar-refractivity contribution is -0.363. The molecule has 19 heteroatoms. The van der Waals surface area contributed by atoms with Crippen LogP contribution in [0.2, 0.25) is 0 Å². The highest BCUT2D eigenvalue weighted by molar-refractivity contribution is 5.73. The number of aliphatic hydroxyl groups excluding tert-OH is 1. The normalized spacial score (nSPS) is 27.2. The van der Waals surface area contributed by atoms with E-state index in [9.17, 15) is 20.5 Å². The van der Waals surface area contributed by atoms with Gasteiger partial charge in [-0.1, -0.05) is 217 Å². The molecule has 19 nitrogen and oxygen atoms in total. The number of ether oxygens (including phenoxy) is 13. The lowest BCUT2D eigenvalue weighted by Gasteiger charge is -2.49. The fourth-order valence-electron chi connectivity index (χ4n) is 10.9. The Hall–Kier alpha value is -7.24. The monoisotopic (exact) mass is 1190 g/mol. The van der Waals surface area contributed by atoms with Crippen molar-refractivity contribution in [2.45, 2.75) is 138 Å². The third-order valence-electron chi connectivity index (χ3n) is 15.3. The Labute approximate surface area is 506 Å². The molecule has 0 bridgehead atoms. The van der Waals surface area contributed by atoms with Crippen molar-refractivity contribution in [2.24, 2.45) is 5.11 Å². The van der Waals surface area contributed by atoms with E-state index in [1.165, 1.54) is 7.11 Å². The minimum absolute atomic E-state index is 0.0329. The minimum Gasteiger partial charge on any atom is -0.479 e. The van der Waals surface area contributed by atoms with E-state index in [4.69, 9.17) is 61.6 Å². The molecule has 456 valence electrons. The summed E-state index contributed by atoms with van der Waals surface area (Å²) < 4.78 is 86.9. The van der Waals surface area contributed by atoms with E-state index in [2.05, 4.69) is 10.0 Å². The lowest BCUT2D eigenvalue weighted by atomic mass is 9.94. The van der Waals surface area contributed by atoms with Gasteiger partial charge in [0, 0.05) is 12.0 Å². The number of azide groups is 1. The number of hydrogen-bond donors (Lipinski definition) is 2. The number of methoxy groups -OCH3 is 1. The van der Waals surface area contributed by atoms with Crippen LogP contribution in [-0.2, 0) is 113 Å². The molecule has 0 saturated carbocycles. The van der Waals surface area contributed by atoms with E-state index >= 15 is 0 Å². The maximum atomic E-state index is 14.0. The summed E-state index contributed by atoms with van der Waals surface area (Å²) >= 11 is 0. The second-order valence-electron chi connectivity index (χ2n) is 21.2. The molecular formula is C68H73N3O16. The second-order valence-corrected chi connectivity index (χ2v) is 21.2. The number of rotatable bonds is 30. The van der Waals surface area contributed by atoms with Crippen molar-refractivity contribution < 1.29 is 76.6 Å². The standard InChI is InChI=1S/C68H73N3O16/c1-75-67-63(81-43-51-33-19-7-20-34-51)60(80-42-50-31-17-6-18-32-50)57(77-39-47-25-11-3-12-26-47)54(85-67)45-83-66-55(70-71-69)58(78-40-48-27-13-4-14-28-48)61(62(87-66)65(73)74)86-68-64(82-44-52-35-21-8-22-36-52)59(79-41-49-29-15-5-16-30-49)56(53(37-72)84-68)76-38-46-23-9-2-10-24-46/h2-36,53-64,66-68,72H,37-45H2,1H3,(H,73,74)/t53-,54-,55+,56-,57-,58-,59+,60+,61+,62+,63-,64-,66-,67+,68-/m1/s1. The van der Waals surface area contributed by atoms with Gasteiger partial charge in [-0.15, -0.1) is 0 Å². The van der Waals surface area contributed by atoms with Gasteiger partial charge in [0.25, 0.3) is 0 Å². The lowest BCUT2D eigenvalue weighted by Crippen LogP contribution is -2.66. The van der Waals surface area contributed by atoms with Crippen LogP contribution >= 0.6 is 0 Å². The van der Waals surface area contributed by atoms with Crippen LogP contribution in [0, 0.1) is 0 Å². The number of hydrogen-bond acceptors (Lipinski definition) is 16. The van der Waals surface area contributed by atoms with E-state index in [-0.39, 0.29) is 52.9 Å². The fourth-order valence-corrected chi connectivity index (χ4v) is 10.9. The highest BCUT2D eigenvalue weighted by atomic mass is 16.8. The summed E-state index contributed by atoms with van der Waals surface area (Å²) in [6.45, 7) is -0.267. The summed E-state index contributed by atoms with van der Waals surface area (Å²) in [6.07, 6.45) is -16.9. The van der Waals surface area contributed by atoms with E-state index in [1.807, 2.05) is 212 Å². The largest absolute Gasteiger partial charge is 0.479 e. The van der Waals surface area contributed by atoms with Crippen LogP contribution in [0.1, 0.15) is 38.9 Å². The molecular weight excluding hydrogens is 1110 g/mol. The molecule has 3 aliphatic rings. The molecule has 3 aliphatic heterocycles. The molecule has 3 saturated heterocycles. The van der Waals surface area contributed by atoms with Crippen molar-refractivity contribution in [2.75, 3.05) is 20.3 Å². The van der Waals surface area contributed by atoms with Crippen molar-refractivity contribution >= 4 is 5.97 Å². The molecule has 0 aliphatic carbocycles. The highest BCUT2D eigenvalue weighted by Crippen LogP contribution is 2.38. The molecule has 0 unspecified atom stereocenters. The van der Waals surface area contributed by atoms with Gasteiger partial charge in [0.15, 0.2) is 25.0 Å². The van der Waals surface area contributed by atoms with E-state index in [1.54, 1.807) is 0 Å². The SMILES string of the molecule is CO[C@H]1O[C@H](CO[C@@H]2O[C@H](C(=O)O)[C@@H](O[C@H]3O[C@H](CO)[C@@H](OCc4ccccc4)[C@H](OCc4ccccc4)[C@H]3OCc3ccccc3)[C@H](OCc3ccccc3)[C@@H]2N=[N+]=[N-])[C@@H](OCc2ccccc2)[C@H](OCc2ccccc2)[C@H]1OCc1ccccc1. The number of aliphatic hydroxyl groups is 1. The van der Waals surface area contributed by atoms with Crippen molar-refractivity contribution in [3.8, 4) is 0 Å². The van der Waals surface area contributed by atoms with Crippen LogP contribution in [0.25, 0.3) is 10.4 Å². The number of carbonyl (C=O) groups is 1. The molecule has 0 spiro atoms. The zero-order chi connectivity index (χ0) is 60.0. The van der Waals surface area contributed by atoms with E-state index < -0.39 is 105 Å². The molecule has 7 aromatic rings. The van der Waals surface area contributed by atoms with Gasteiger partial charge < -0.3 is 71.8 Å². The fraction of sp³-hybridized carbons (Fsp3) is 0.368. The van der Waals surface area contributed by atoms with Crippen LogP contribution < -0.4 is 0 Å². The van der Waals surface area contributed by atoms with Crippen LogP contribution in [-0.4, -0.2) is 129 Å². The molecule has 0 aromatic heterocycles. The predicted octanol–water partition coefficient (Wildman–Crippen LogP) is 10.1. The predicted molar refractivity (Wildman–Crippen MR) is 317 cm³/mol. The Morgan fingerprint density at radius 2 is 0.736 bits per heavy atom. The first-order valence-electron chi connectivity index (χ1n) is 29.1. The Bertz CT molecular complexity index is 3140. The summed E-state index contributed by atoms with van der Waals surface area (Å²) in [4.78, 5) is 17.2. The maximum Gasteiger partial charge on any atom is 0.335 e. The molecule has 3 fully saturated rings. The van der Waals surface area contributed by atoms with Gasteiger partial charge in [-0.25, -0.2) is 4.79 Å². The Kier molecular flexibility index (Phi) is 23.6. The molecule has 7 aromatic carbocycles. The first kappa shape index (κ1) is 62.8. The van der Waals surface area contributed by atoms with E-state index in [0.717, 1.165) is 33.4 Å². The van der Waals surface area contributed by atoms with Crippen LogP contribution in [0.4, 0.5) is 0 Å². The zero-order valence-electron chi connectivity index (χ0n) is 48.2. The van der Waals surface area contributed by atoms with Crippen LogP contribution in [0.5, 0.6) is 0 Å². The Morgan fingerprint density at radius 3 is 1.08 bits per heavy atom. The molecule has 87 heavy (non-hydrogen) atoms. The summed E-state index contributed by atoms with van der Waals surface area (Å²) in [5.74, 6) is -1.47. The number of benzene rings is 7. The maximum absolute atomic E-state index is 14.0. The number of aliphatic carboxylic acids is 1. The molecule has 0 radical (unpaired) electrons. The highest BCUT2D eigenvalue weighted by Gasteiger charge is 2.56. The van der Waals surface area contributed by atoms with Gasteiger partial charge in [-0.3, -0.25) is 0 Å². The van der Waals surface area contributed by atoms with Crippen LogP contribution in [0.15, 0.2) is 217 Å². The third-order valence-corrected chi connectivity index (χ3v) is 15.3. The second kappa shape index (κ2) is 32.7. The summed E-state index contributed by atoms with van der Waals surface area (Å²) in [5, 5.41) is 26.8. The van der Waals surface area contributed by atoms with Gasteiger partial charge in [-0.2, -0.15) is 0 Å². The first-order chi connectivity index (χ1) is 42.8. The number of carboxylic acids is 1. The molecule has 0 amide bonds. The van der Waals surface area contributed by atoms with Gasteiger partial charge >= 0.3 is 5.97 Å². The number of carboxylic acid groups (broad SMARTS) is 1. The molecule has 15 atom stereocenters. The van der Waals surface area contributed by atoms with Crippen molar-refractivity contribution in [3.63, 3.8) is 0 Å². The average Bonchev–Trinajstić information content (AvgIpc) is 1.92. The molecule has 3 heterocycles. The summed E-state index contributed by atoms with van der Waals surface area (Å²) in [6, 6.07) is 65.2. The third kappa shape index (κ3) is 17.3. The smallest absolute Gasteiger partial charge is 0.335 e. The topological polar surface area (TPSA) is 226 Å². The Morgan fingerprint density at radius 1 is 0.414 bits per heavy atom. The minimum atomic E-state index is -1.88. The summed E-state index contributed by atoms with van der Waals surface area (Å²) in [5.41, 5.74) is 16.3. The van der Waals surface area contributed by atoms with Gasteiger partial charge in [0.2, 0.25) is 0 Å². The Balaban J connectivity index is 0.983. The summed E-state index contributed by atoms with van der Waals surface area (Å²) in [7, 11) is 1.50. The van der Waals surface area contributed by atoms with E-state index in [0.29, 0.717) is 5.56 Å². The average molecular weight is 1190 g/mol. The number of nitrogens with zero attached hydrogens (tertiary/aromatic N) is 3. The van der Waals surface area contributed by atoms with Gasteiger partial charge in [-0.05, 0) is 44.5 Å². The van der Waals surface area contributed by atoms with Crippen LogP contribution in [0.3, 0.4) is 0 Å².